The number of ether oxygens (including phenoxy) is 1. The van der Waals surface area contributed by atoms with Gasteiger partial charge in [-0.3, -0.25) is 0 Å². The van der Waals surface area contributed by atoms with E-state index in [0.29, 0.717) is 5.75 Å². The summed E-state index contributed by atoms with van der Waals surface area (Å²) in [7, 11) is -3.12. The summed E-state index contributed by atoms with van der Waals surface area (Å²) >= 11 is 0. The molecule has 3 nitrogen and oxygen atoms in total. The van der Waals surface area contributed by atoms with Crippen molar-refractivity contribution in [2.75, 3.05) is 5.75 Å². The van der Waals surface area contributed by atoms with Gasteiger partial charge in [0.2, 0.25) is 0 Å². The van der Waals surface area contributed by atoms with Crippen molar-refractivity contribution >= 4 is 9.84 Å². The summed E-state index contributed by atoms with van der Waals surface area (Å²) in [6, 6.07) is 0. The number of rotatable bonds is 1. The van der Waals surface area contributed by atoms with E-state index in [1.807, 2.05) is 20.8 Å². The molecule has 1 aliphatic heterocycles. The fourth-order valence-electron chi connectivity index (χ4n) is 4.08. The van der Waals surface area contributed by atoms with Crippen LogP contribution in [-0.4, -0.2) is 25.2 Å². The van der Waals surface area contributed by atoms with Gasteiger partial charge in [-0.25, -0.2) is 8.42 Å². The van der Waals surface area contributed by atoms with Crippen LogP contribution in [0.2, 0.25) is 0 Å². The Kier molecular flexibility index (Phi) is 2.39. The minimum atomic E-state index is -3.12. The van der Waals surface area contributed by atoms with Crippen molar-refractivity contribution in [3.05, 3.63) is 12.2 Å². The summed E-state index contributed by atoms with van der Waals surface area (Å²) in [4.78, 5) is 0. The fourth-order valence-corrected chi connectivity index (χ4v) is 7.13. The number of sulfone groups is 1. The van der Waals surface area contributed by atoms with Gasteiger partial charge in [-0.15, -0.1) is 0 Å². The first-order chi connectivity index (χ1) is 8.21. The Morgan fingerprint density at radius 1 is 1.17 bits per heavy atom. The Morgan fingerprint density at radius 2 is 1.83 bits per heavy atom. The highest BCUT2D eigenvalue weighted by Gasteiger charge is 2.72. The molecule has 0 aromatic rings. The Balaban J connectivity index is 2.04. The zero-order chi connectivity index (χ0) is 13.2. The summed E-state index contributed by atoms with van der Waals surface area (Å²) < 4.78 is 31.0. The molecule has 3 aliphatic rings. The third-order valence-electron chi connectivity index (χ3n) is 4.98. The van der Waals surface area contributed by atoms with Gasteiger partial charge in [0.25, 0.3) is 0 Å². The second-order valence-corrected chi connectivity index (χ2v) is 9.23. The quantitative estimate of drug-likeness (QED) is 0.688. The van der Waals surface area contributed by atoms with Gasteiger partial charge in [0, 0.05) is 5.41 Å². The molecule has 0 bridgehead atoms. The van der Waals surface area contributed by atoms with Crippen molar-refractivity contribution in [2.45, 2.75) is 57.5 Å². The van der Waals surface area contributed by atoms with Crippen LogP contribution in [0, 0.1) is 10.8 Å². The first-order valence-electron chi connectivity index (χ1n) is 6.75. The number of allylic oxidation sites excluding steroid dienone is 2. The summed E-state index contributed by atoms with van der Waals surface area (Å²) in [6.07, 6.45) is 8.13. The lowest BCUT2D eigenvalue weighted by atomic mass is 9.46. The molecule has 0 radical (unpaired) electrons. The summed E-state index contributed by atoms with van der Waals surface area (Å²) in [6.45, 7) is 5.82. The van der Waals surface area contributed by atoms with Crippen molar-refractivity contribution in [1.82, 2.24) is 0 Å². The van der Waals surface area contributed by atoms with E-state index >= 15 is 0 Å². The van der Waals surface area contributed by atoms with Crippen molar-refractivity contribution in [2.24, 2.45) is 10.8 Å². The van der Waals surface area contributed by atoms with E-state index in [4.69, 9.17) is 4.74 Å². The molecular weight excluding hydrogens is 248 g/mol. The third kappa shape index (κ3) is 1.48. The van der Waals surface area contributed by atoms with Crippen LogP contribution in [0.3, 0.4) is 0 Å². The fraction of sp³-hybridized carbons (Fsp3) is 0.857. The molecule has 1 saturated heterocycles. The highest BCUT2D eigenvalue weighted by Crippen LogP contribution is 2.70. The van der Waals surface area contributed by atoms with Gasteiger partial charge in [-0.05, 0) is 51.9 Å². The molecule has 3 rings (SSSR count). The zero-order valence-electron chi connectivity index (χ0n) is 11.4. The van der Waals surface area contributed by atoms with Gasteiger partial charge in [-0.2, -0.15) is 0 Å². The average molecular weight is 270 g/mol. The van der Waals surface area contributed by atoms with Crippen molar-refractivity contribution in [3.8, 4) is 0 Å². The van der Waals surface area contributed by atoms with E-state index < -0.39 is 20.9 Å². The monoisotopic (exact) mass is 270 g/mol. The van der Waals surface area contributed by atoms with Crippen molar-refractivity contribution in [3.63, 3.8) is 0 Å². The molecule has 0 amide bonds. The van der Waals surface area contributed by atoms with Gasteiger partial charge >= 0.3 is 0 Å². The lowest BCUT2D eigenvalue weighted by Gasteiger charge is -2.58. The molecule has 1 heterocycles. The number of hydrogen-bond donors (Lipinski definition) is 0. The summed E-state index contributed by atoms with van der Waals surface area (Å²) in [5.41, 5.74) is -1.15. The van der Waals surface area contributed by atoms with Crippen molar-refractivity contribution < 1.29 is 13.2 Å². The van der Waals surface area contributed by atoms with Crippen LogP contribution in [0.5, 0.6) is 0 Å². The smallest absolute Gasteiger partial charge is 0.178 e. The molecule has 3 unspecified atom stereocenters. The van der Waals surface area contributed by atoms with E-state index in [2.05, 4.69) is 12.2 Å². The maximum atomic E-state index is 12.5. The molecule has 2 aliphatic carbocycles. The van der Waals surface area contributed by atoms with Gasteiger partial charge in [0.1, 0.15) is 0 Å². The zero-order valence-corrected chi connectivity index (χ0v) is 12.2. The van der Waals surface area contributed by atoms with Crippen LogP contribution in [0.4, 0.5) is 0 Å². The molecule has 2 fully saturated rings. The summed E-state index contributed by atoms with van der Waals surface area (Å²) in [5, 5.41) is 0. The van der Waals surface area contributed by atoms with Gasteiger partial charge in [-0.1, -0.05) is 12.2 Å². The lowest BCUT2D eigenvalue weighted by Crippen LogP contribution is -2.56. The molecule has 0 N–H and O–H groups in total. The topological polar surface area (TPSA) is 43.4 Å². The maximum absolute atomic E-state index is 12.5. The van der Waals surface area contributed by atoms with Gasteiger partial charge < -0.3 is 4.74 Å². The minimum absolute atomic E-state index is 0.0174. The van der Waals surface area contributed by atoms with E-state index in [-0.39, 0.29) is 10.8 Å². The third-order valence-corrected chi connectivity index (χ3v) is 7.13. The molecule has 1 saturated carbocycles. The molecule has 102 valence electrons. The Labute approximate surface area is 110 Å². The maximum Gasteiger partial charge on any atom is 0.178 e. The molecule has 0 spiro atoms. The van der Waals surface area contributed by atoms with E-state index in [1.165, 1.54) is 0 Å². The number of hydrogen-bond acceptors (Lipinski definition) is 3. The molecular formula is C14H22O3S. The van der Waals surface area contributed by atoms with Crippen LogP contribution in [0.1, 0.15) is 46.5 Å². The lowest BCUT2D eigenvalue weighted by molar-refractivity contribution is -0.157. The highest BCUT2D eigenvalue weighted by molar-refractivity contribution is 7.92. The first kappa shape index (κ1) is 12.7. The largest absolute Gasteiger partial charge is 0.356 e. The highest BCUT2D eigenvalue weighted by atomic mass is 32.2. The van der Waals surface area contributed by atoms with Crippen LogP contribution in [-0.2, 0) is 14.6 Å². The van der Waals surface area contributed by atoms with Gasteiger partial charge in [0.05, 0.1) is 11.4 Å². The average Bonchev–Trinajstić information content (AvgIpc) is 2.33. The Morgan fingerprint density at radius 3 is 2.39 bits per heavy atom. The predicted molar refractivity (Wildman–Crippen MR) is 70.9 cm³/mol. The second kappa shape index (κ2) is 3.40. The molecule has 0 aromatic carbocycles. The minimum Gasteiger partial charge on any atom is -0.356 e. The Bertz CT molecular complexity index is 500. The van der Waals surface area contributed by atoms with E-state index in [1.54, 1.807) is 0 Å². The first-order valence-corrected chi connectivity index (χ1v) is 8.47. The molecule has 18 heavy (non-hydrogen) atoms. The Hall–Kier alpha value is -0.350. The molecule has 4 heteroatoms. The van der Waals surface area contributed by atoms with Crippen LogP contribution in [0.25, 0.3) is 0 Å². The van der Waals surface area contributed by atoms with E-state index in [9.17, 15) is 8.42 Å². The summed E-state index contributed by atoms with van der Waals surface area (Å²) in [5.74, 6) is 0.324. The van der Waals surface area contributed by atoms with E-state index in [0.717, 1.165) is 25.7 Å². The normalized spacial score (nSPS) is 45.2. The van der Waals surface area contributed by atoms with Crippen LogP contribution < -0.4 is 0 Å². The van der Waals surface area contributed by atoms with Crippen LogP contribution >= 0.6 is 0 Å². The second-order valence-electron chi connectivity index (χ2n) is 7.19. The molecule has 0 aromatic heterocycles. The van der Waals surface area contributed by atoms with Crippen LogP contribution in [0.15, 0.2) is 12.2 Å². The van der Waals surface area contributed by atoms with Crippen molar-refractivity contribution in [1.29, 1.82) is 0 Å². The standard InChI is InChI=1S/C14H22O3S/c1-12(2,3)17-11-14-7-5-4-6-13(14,8-9-14)10-18(11,15)16/h4-5,11H,6-10H2,1-3H3. The predicted octanol–water partition coefficient (Wildman–Crippen LogP) is 2.67. The SMILES string of the molecule is CC(C)(C)OC1C23CC=CCC2(CC3)CS1(=O)=O. The van der Waals surface area contributed by atoms with Gasteiger partial charge in [0.15, 0.2) is 15.3 Å². The molecule has 3 atom stereocenters.